The molecule has 2 amide bonds. The summed E-state index contributed by atoms with van der Waals surface area (Å²) in [5.41, 5.74) is 1.89. The predicted octanol–water partition coefficient (Wildman–Crippen LogP) is 1.72. The fourth-order valence-corrected chi connectivity index (χ4v) is 2.60. The molecule has 1 aromatic rings. The Hall–Kier alpha value is -2.44. The van der Waals surface area contributed by atoms with Gasteiger partial charge in [-0.15, -0.1) is 0 Å². The third-order valence-electron chi connectivity index (χ3n) is 3.94. The van der Waals surface area contributed by atoms with E-state index in [0.717, 1.165) is 11.3 Å². The Balaban J connectivity index is 1.84. The van der Waals surface area contributed by atoms with Gasteiger partial charge in [0.15, 0.2) is 0 Å². The number of carbonyl (C=O) groups is 2. The molecule has 0 saturated carbocycles. The van der Waals surface area contributed by atoms with Crippen molar-refractivity contribution in [3.05, 3.63) is 23.8 Å². The van der Waals surface area contributed by atoms with E-state index in [9.17, 15) is 9.59 Å². The lowest BCUT2D eigenvalue weighted by Gasteiger charge is -2.34. The van der Waals surface area contributed by atoms with Crippen LogP contribution in [0.5, 0.6) is 5.75 Å². The van der Waals surface area contributed by atoms with Crippen molar-refractivity contribution in [2.45, 2.75) is 13.8 Å². The number of piperazine rings is 1. The molecular weight excluding hydrogens is 310 g/mol. The number of methoxy groups -OCH3 is 1. The van der Waals surface area contributed by atoms with Gasteiger partial charge in [-0.05, 0) is 31.5 Å². The molecular formula is C17H25N3O4. The second kappa shape index (κ2) is 8.42. The Morgan fingerprint density at radius 3 is 2.46 bits per heavy atom. The summed E-state index contributed by atoms with van der Waals surface area (Å²) in [6, 6.07) is 5.78. The summed E-state index contributed by atoms with van der Waals surface area (Å²) in [6.07, 6.45) is -0.313. The smallest absolute Gasteiger partial charge is 0.409 e. The number of benzene rings is 1. The van der Waals surface area contributed by atoms with Gasteiger partial charge in [-0.1, -0.05) is 6.07 Å². The van der Waals surface area contributed by atoms with E-state index in [2.05, 4.69) is 5.32 Å². The molecule has 0 atom stereocenters. The zero-order chi connectivity index (χ0) is 17.5. The molecule has 0 radical (unpaired) electrons. The van der Waals surface area contributed by atoms with Crippen molar-refractivity contribution in [3.8, 4) is 5.75 Å². The van der Waals surface area contributed by atoms with Gasteiger partial charge < -0.3 is 24.6 Å². The molecule has 1 aromatic carbocycles. The molecule has 0 bridgehead atoms. The molecule has 7 nitrogen and oxygen atoms in total. The largest absolute Gasteiger partial charge is 0.495 e. The lowest BCUT2D eigenvalue weighted by Crippen LogP contribution is -2.51. The first-order valence-corrected chi connectivity index (χ1v) is 8.13. The van der Waals surface area contributed by atoms with Crippen LogP contribution in [-0.4, -0.2) is 68.2 Å². The van der Waals surface area contributed by atoms with E-state index in [1.54, 1.807) is 23.8 Å². The Kier molecular flexibility index (Phi) is 6.28. The summed E-state index contributed by atoms with van der Waals surface area (Å²) in [5.74, 6) is 0.711. The van der Waals surface area contributed by atoms with Crippen molar-refractivity contribution in [2.75, 3.05) is 51.8 Å². The van der Waals surface area contributed by atoms with Crippen LogP contribution < -0.4 is 10.1 Å². The van der Waals surface area contributed by atoms with Crippen molar-refractivity contribution in [1.82, 2.24) is 9.80 Å². The van der Waals surface area contributed by atoms with E-state index < -0.39 is 0 Å². The fourth-order valence-electron chi connectivity index (χ4n) is 2.60. The molecule has 0 aliphatic carbocycles. The molecule has 0 spiro atoms. The van der Waals surface area contributed by atoms with Gasteiger partial charge >= 0.3 is 6.09 Å². The first-order valence-electron chi connectivity index (χ1n) is 8.13. The number of aryl methyl sites for hydroxylation is 1. The van der Waals surface area contributed by atoms with E-state index >= 15 is 0 Å². The van der Waals surface area contributed by atoms with Crippen molar-refractivity contribution >= 4 is 17.7 Å². The van der Waals surface area contributed by atoms with Crippen LogP contribution in [0.25, 0.3) is 0 Å². The van der Waals surface area contributed by atoms with Crippen LogP contribution in [0, 0.1) is 6.92 Å². The van der Waals surface area contributed by atoms with Gasteiger partial charge in [0.2, 0.25) is 5.91 Å². The molecule has 0 unspecified atom stereocenters. The third-order valence-corrected chi connectivity index (χ3v) is 3.94. The van der Waals surface area contributed by atoms with Crippen LogP contribution in [0.15, 0.2) is 18.2 Å². The van der Waals surface area contributed by atoms with Crippen LogP contribution in [0.1, 0.15) is 12.5 Å². The molecule has 1 aliphatic rings. The number of rotatable bonds is 5. The van der Waals surface area contributed by atoms with Gasteiger partial charge in [-0.25, -0.2) is 4.79 Å². The van der Waals surface area contributed by atoms with Crippen LogP contribution in [0.4, 0.5) is 10.5 Å². The van der Waals surface area contributed by atoms with Crippen LogP contribution >= 0.6 is 0 Å². The molecule has 1 heterocycles. The van der Waals surface area contributed by atoms with E-state index in [4.69, 9.17) is 9.47 Å². The third kappa shape index (κ3) is 4.53. The minimum absolute atomic E-state index is 0.00191. The maximum absolute atomic E-state index is 12.3. The number of hydrogen-bond donors (Lipinski definition) is 1. The molecule has 1 N–H and O–H groups in total. The normalized spacial score (nSPS) is 14.3. The molecule has 7 heteroatoms. The maximum Gasteiger partial charge on any atom is 0.409 e. The lowest BCUT2D eigenvalue weighted by atomic mass is 10.2. The summed E-state index contributed by atoms with van der Waals surface area (Å²) in [6.45, 7) is 6.36. The van der Waals surface area contributed by atoms with Crippen LogP contribution in [0.2, 0.25) is 0 Å². The van der Waals surface area contributed by atoms with Crippen molar-refractivity contribution in [3.63, 3.8) is 0 Å². The summed E-state index contributed by atoms with van der Waals surface area (Å²) in [5, 5.41) is 3.13. The molecule has 1 saturated heterocycles. The van der Waals surface area contributed by atoms with E-state index in [1.165, 1.54) is 0 Å². The number of amides is 2. The quantitative estimate of drug-likeness (QED) is 0.887. The average Bonchev–Trinajstić information content (AvgIpc) is 2.60. The van der Waals surface area contributed by atoms with Crippen LogP contribution in [0.3, 0.4) is 0 Å². The maximum atomic E-state index is 12.3. The average molecular weight is 335 g/mol. The first kappa shape index (κ1) is 17.9. The Bertz CT molecular complexity index is 583. The Labute approximate surface area is 142 Å². The highest BCUT2D eigenvalue weighted by atomic mass is 16.6. The van der Waals surface area contributed by atoms with E-state index in [0.29, 0.717) is 38.5 Å². The minimum Gasteiger partial charge on any atom is -0.495 e. The predicted molar refractivity (Wildman–Crippen MR) is 91.4 cm³/mol. The molecule has 2 rings (SSSR count). The van der Waals surface area contributed by atoms with Gasteiger partial charge in [0.25, 0.3) is 0 Å². The topological polar surface area (TPSA) is 71.1 Å². The zero-order valence-electron chi connectivity index (χ0n) is 14.5. The van der Waals surface area contributed by atoms with Gasteiger partial charge in [-0.3, -0.25) is 4.79 Å². The first-order chi connectivity index (χ1) is 11.5. The lowest BCUT2D eigenvalue weighted by molar-refractivity contribution is -0.130. The number of carbonyl (C=O) groups excluding carboxylic acids is 2. The monoisotopic (exact) mass is 335 g/mol. The number of nitrogens with one attached hydrogen (secondary N) is 1. The Morgan fingerprint density at radius 1 is 1.17 bits per heavy atom. The summed E-state index contributed by atoms with van der Waals surface area (Å²) < 4.78 is 10.3. The highest BCUT2D eigenvalue weighted by Gasteiger charge is 2.24. The number of ether oxygens (including phenoxy) is 2. The van der Waals surface area contributed by atoms with E-state index in [-0.39, 0.29) is 18.5 Å². The number of anilines is 1. The summed E-state index contributed by atoms with van der Waals surface area (Å²) in [7, 11) is 1.60. The van der Waals surface area contributed by atoms with Gasteiger partial charge in [0.1, 0.15) is 5.75 Å². The van der Waals surface area contributed by atoms with Crippen LogP contribution in [-0.2, 0) is 9.53 Å². The highest BCUT2D eigenvalue weighted by Crippen LogP contribution is 2.24. The number of nitrogens with zero attached hydrogens (tertiary/aromatic N) is 2. The fraction of sp³-hybridized carbons (Fsp3) is 0.529. The standard InChI is InChI=1S/C17H25N3O4/c1-4-24-17(22)20-9-7-19(8-10-20)16(21)12-18-14-11-13(2)5-6-15(14)23-3/h5-6,11,18H,4,7-10,12H2,1-3H3. The Morgan fingerprint density at radius 2 is 1.83 bits per heavy atom. The summed E-state index contributed by atoms with van der Waals surface area (Å²) in [4.78, 5) is 27.4. The van der Waals surface area contributed by atoms with Crippen molar-refractivity contribution in [1.29, 1.82) is 0 Å². The van der Waals surface area contributed by atoms with Gasteiger partial charge in [0.05, 0.1) is 25.9 Å². The van der Waals surface area contributed by atoms with Gasteiger partial charge in [0, 0.05) is 26.2 Å². The van der Waals surface area contributed by atoms with Crippen molar-refractivity contribution in [2.24, 2.45) is 0 Å². The molecule has 0 aromatic heterocycles. The molecule has 24 heavy (non-hydrogen) atoms. The van der Waals surface area contributed by atoms with E-state index in [1.807, 2.05) is 25.1 Å². The zero-order valence-corrected chi connectivity index (χ0v) is 14.5. The number of hydrogen-bond acceptors (Lipinski definition) is 5. The molecule has 132 valence electrons. The highest BCUT2D eigenvalue weighted by molar-refractivity contribution is 5.82. The second-order valence-electron chi connectivity index (χ2n) is 5.62. The minimum atomic E-state index is -0.313. The van der Waals surface area contributed by atoms with Crippen molar-refractivity contribution < 1.29 is 19.1 Å². The van der Waals surface area contributed by atoms with Gasteiger partial charge in [-0.2, -0.15) is 0 Å². The summed E-state index contributed by atoms with van der Waals surface area (Å²) >= 11 is 0. The molecule has 1 fully saturated rings. The molecule has 1 aliphatic heterocycles. The SMILES string of the molecule is CCOC(=O)N1CCN(C(=O)CNc2cc(C)ccc2OC)CC1. The second-order valence-corrected chi connectivity index (χ2v) is 5.62.